The van der Waals surface area contributed by atoms with Gasteiger partial charge >= 0.3 is 11.6 Å². The molecule has 0 spiro atoms. The fourth-order valence-electron chi connectivity index (χ4n) is 3.36. The topological polar surface area (TPSA) is 108 Å². The molecule has 0 unspecified atom stereocenters. The highest BCUT2D eigenvalue weighted by molar-refractivity contribution is 5.82. The van der Waals surface area contributed by atoms with Gasteiger partial charge in [-0.05, 0) is 35.7 Å². The molecule has 4 aromatic rings. The molecule has 2 aromatic heterocycles. The second-order valence-electron chi connectivity index (χ2n) is 6.60. The van der Waals surface area contributed by atoms with E-state index in [2.05, 4.69) is 9.97 Å². The molecule has 30 heavy (non-hydrogen) atoms. The van der Waals surface area contributed by atoms with Crippen molar-refractivity contribution in [2.45, 2.75) is 19.8 Å². The largest absolute Gasteiger partial charge is 0.424 e. The van der Waals surface area contributed by atoms with Crippen LogP contribution in [0.2, 0.25) is 0 Å². The number of hydrogen-bond donors (Lipinski definition) is 0. The van der Waals surface area contributed by atoms with Crippen LogP contribution in [0.1, 0.15) is 23.6 Å². The molecule has 150 valence electrons. The van der Waals surface area contributed by atoms with Gasteiger partial charge in [0.2, 0.25) is 0 Å². The quantitative estimate of drug-likeness (QED) is 0.266. The van der Waals surface area contributed by atoms with E-state index in [9.17, 15) is 14.9 Å². The molecule has 0 saturated heterocycles. The summed E-state index contributed by atoms with van der Waals surface area (Å²) in [7, 11) is 0. The summed E-state index contributed by atoms with van der Waals surface area (Å²) >= 11 is 0. The van der Waals surface area contributed by atoms with Crippen molar-refractivity contribution in [2.75, 3.05) is 0 Å². The molecule has 8 nitrogen and oxygen atoms in total. The third-order valence-corrected chi connectivity index (χ3v) is 4.70. The highest BCUT2D eigenvalue weighted by Gasteiger charge is 2.16. The van der Waals surface area contributed by atoms with Gasteiger partial charge in [0.15, 0.2) is 0 Å². The Balaban J connectivity index is 1.73. The average Bonchev–Trinajstić information content (AvgIpc) is 2.75. The lowest BCUT2D eigenvalue weighted by atomic mass is 9.96. The van der Waals surface area contributed by atoms with Crippen molar-refractivity contribution in [2.24, 2.45) is 0 Å². The highest BCUT2D eigenvalue weighted by atomic mass is 16.6. The summed E-state index contributed by atoms with van der Waals surface area (Å²) in [5.41, 5.74) is 1.92. The number of hydrogen-bond acceptors (Lipinski definition) is 7. The molecule has 0 aliphatic carbocycles. The molecule has 2 aromatic carbocycles. The fraction of sp³-hybridized carbons (Fsp3) is 0.136. The Bertz CT molecular complexity index is 1290. The maximum atomic E-state index is 12.7. The molecular formula is C22H17N3O5. The van der Waals surface area contributed by atoms with E-state index in [1.54, 1.807) is 42.7 Å². The van der Waals surface area contributed by atoms with Crippen LogP contribution in [0.4, 0.5) is 5.69 Å². The number of aromatic nitrogens is 2. The zero-order valence-corrected chi connectivity index (χ0v) is 16.1. The van der Waals surface area contributed by atoms with Crippen LogP contribution in [0.25, 0.3) is 11.0 Å². The molecule has 0 saturated carbocycles. The summed E-state index contributed by atoms with van der Waals surface area (Å²) in [6.07, 6.45) is 3.99. The number of nitro groups is 1. The molecular weight excluding hydrogens is 386 g/mol. The van der Waals surface area contributed by atoms with Crippen LogP contribution < -0.4 is 10.4 Å². The fourth-order valence-corrected chi connectivity index (χ4v) is 3.36. The van der Waals surface area contributed by atoms with E-state index >= 15 is 0 Å². The van der Waals surface area contributed by atoms with Gasteiger partial charge in [-0.25, -0.2) is 14.8 Å². The van der Waals surface area contributed by atoms with E-state index < -0.39 is 10.5 Å². The average molecular weight is 403 g/mol. The first-order valence-electron chi connectivity index (χ1n) is 9.32. The Morgan fingerprint density at radius 3 is 2.60 bits per heavy atom. The molecule has 0 N–H and O–H groups in total. The summed E-state index contributed by atoms with van der Waals surface area (Å²) in [6, 6.07) is 13.3. The standard InChI is InChI=1S/C22H17N3O5/c1-2-17-18-8-7-16(29-22-23-9-4-10-24-22)13-20(18)30-21(26)19(17)12-14-5-3-6-15(11-14)25(27)28/h3-11,13H,2,12H2,1H3. The lowest BCUT2D eigenvalue weighted by molar-refractivity contribution is -0.384. The summed E-state index contributed by atoms with van der Waals surface area (Å²) in [6.45, 7) is 1.95. The monoisotopic (exact) mass is 403 g/mol. The summed E-state index contributed by atoms with van der Waals surface area (Å²) in [4.78, 5) is 31.3. The maximum Gasteiger partial charge on any atom is 0.340 e. The number of benzene rings is 2. The number of rotatable bonds is 6. The SMILES string of the molecule is CCc1c(Cc2cccc([N+](=O)[O-])c2)c(=O)oc2cc(Oc3ncccn3)ccc12. The van der Waals surface area contributed by atoms with Crippen LogP contribution in [0.15, 0.2) is 70.1 Å². The Hall–Kier alpha value is -4.07. The van der Waals surface area contributed by atoms with Crippen molar-refractivity contribution < 1.29 is 14.1 Å². The second kappa shape index (κ2) is 8.12. The lowest BCUT2D eigenvalue weighted by Crippen LogP contribution is -2.12. The van der Waals surface area contributed by atoms with Crippen molar-refractivity contribution in [3.63, 3.8) is 0 Å². The normalized spacial score (nSPS) is 10.8. The Kier molecular flexibility index (Phi) is 5.21. The molecule has 0 aliphatic rings. The number of non-ortho nitro benzene ring substituents is 1. The van der Waals surface area contributed by atoms with Gasteiger partial charge in [0.25, 0.3) is 5.69 Å². The van der Waals surface area contributed by atoms with Crippen LogP contribution in [0, 0.1) is 10.1 Å². The number of aryl methyl sites for hydroxylation is 1. The first-order chi connectivity index (χ1) is 14.5. The minimum Gasteiger partial charge on any atom is -0.424 e. The first-order valence-corrected chi connectivity index (χ1v) is 9.32. The molecule has 4 rings (SSSR count). The van der Waals surface area contributed by atoms with Crippen LogP contribution in [-0.4, -0.2) is 14.9 Å². The van der Waals surface area contributed by atoms with E-state index in [4.69, 9.17) is 9.15 Å². The van der Waals surface area contributed by atoms with Crippen LogP contribution in [0.3, 0.4) is 0 Å². The highest BCUT2D eigenvalue weighted by Crippen LogP contribution is 2.28. The van der Waals surface area contributed by atoms with Crippen LogP contribution in [-0.2, 0) is 12.8 Å². The molecule has 0 aliphatic heterocycles. The zero-order valence-electron chi connectivity index (χ0n) is 16.1. The van der Waals surface area contributed by atoms with E-state index in [0.29, 0.717) is 28.9 Å². The Labute approximate surface area is 170 Å². The molecule has 0 radical (unpaired) electrons. The minimum atomic E-state index is -0.473. The van der Waals surface area contributed by atoms with Gasteiger partial charge in [-0.1, -0.05) is 19.1 Å². The predicted octanol–water partition coefficient (Wildman–Crippen LogP) is 4.44. The van der Waals surface area contributed by atoms with Crippen molar-refractivity contribution in [3.05, 3.63) is 98.1 Å². The third kappa shape index (κ3) is 3.88. The molecule has 0 fully saturated rings. The van der Waals surface area contributed by atoms with Gasteiger partial charge in [-0.15, -0.1) is 0 Å². The molecule has 0 bridgehead atoms. The minimum absolute atomic E-state index is 0.0133. The van der Waals surface area contributed by atoms with Gasteiger partial charge in [0, 0.05) is 48.0 Å². The second-order valence-corrected chi connectivity index (χ2v) is 6.60. The molecule has 8 heteroatoms. The van der Waals surface area contributed by atoms with Crippen LogP contribution in [0.5, 0.6) is 11.8 Å². The summed E-state index contributed by atoms with van der Waals surface area (Å²) < 4.78 is 11.2. The van der Waals surface area contributed by atoms with Gasteiger partial charge in [0.1, 0.15) is 11.3 Å². The van der Waals surface area contributed by atoms with E-state index in [1.807, 2.05) is 13.0 Å². The smallest absolute Gasteiger partial charge is 0.340 e. The van der Waals surface area contributed by atoms with E-state index in [0.717, 1.165) is 10.9 Å². The summed E-state index contributed by atoms with van der Waals surface area (Å²) in [5.74, 6) is 0.449. The number of ether oxygens (including phenoxy) is 1. The van der Waals surface area contributed by atoms with Gasteiger partial charge in [-0.3, -0.25) is 10.1 Å². The predicted molar refractivity (Wildman–Crippen MR) is 110 cm³/mol. The van der Waals surface area contributed by atoms with Crippen LogP contribution >= 0.6 is 0 Å². The van der Waals surface area contributed by atoms with Crippen molar-refractivity contribution in [1.29, 1.82) is 0 Å². The zero-order chi connectivity index (χ0) is 21.1. The molecule has 0 atom stereocenters. The number of fused-ring (bicyclic) bond motifs is 1. The van der Waals surface area contributed by atoms with Gasteiger partial charge < -0.3 is 9.15 Å². The Morgan fingerprint density at radius 2 is 1.87 bits per heavy atom. The lowest BCUT2D eigenvalue weighted by Gasteiger charge is -2.11. The third-order valence-electron chi connectivity index (χ3n) is 4.70. The molecule has 2 heterocycles. The maximum absolute atomic E-state index is 12.7. The Morgan fingerprint density at radius 1 is 1.07 bits per heavy atom. The number of nitro benzene ring substituents is 1. The molecule has 0 amide bonds. The van der Waals surface area contributed by atoms with Gasteiger partial charge in [0.05, 0.1) is 4.92 Å². The van der Waals surface area contributed by atoms with E-state index in [1.165, 1.54) is 12.1 Å². The first kappa shape index (κ1) is 19.3. The summed E-state index contributed by atoms with van der Waals surface area (Å²) in [5, 5.41) is 11.8. The van der Waals surface area contributed by atoms with Gasteiger partial charge in [-0.2, -0.15) is 0 Å². The van der Waals surface area contributed by atoms with Crippen molar-refractivity contribution >= 4 is 16.7 Å². The van der Waals surface area contributed by atoms with E-state index in [-0.39, 0.29) is 18.1 Å². The number of nitrogens with zero attached hydrogens (tertiary/aromatic N) is 3. The van der Waals surface area contributed by atoms with Crippen molar-refractivity contribution in [3.8, 4) is 11.8 Å². The van der Waals surface area contributed by atoms with Crippen molar-refractivity contribution in [1.82, 2.24) is 9.97 Å².